The third-order valence-corrected chi connectivity index (χ3v) is 5.12. The van der Waals surface area contributed by atoms with E-state index in [0.717, 1.165) is 46.9 Å². The van der Waals surface area contributed by atoms with Gasteiger partial charge in [0.15, 0.2) is 6.61 Å². The molecule has 5 heteroatoms. The van der Waals surface area contributed by atoms with Crippen LogP contribution in [-0.4, -0.2) is 25.0 Å². The normalized spacial score (nSPS) is 14.1. The van der Waals surface area contributed by atoms with E-state index < -0.39 is 5.97 Å². The molecular formula is C22H27NO4. The number of amides is 1. The summed E-state index contributed by atoms with van der Waals surface area (Å²) in [6, 6.07) is 3.98. The zero-order chi connectivity index (χ0) is 19.2. The number of rotatable bonds is 7. The van der Waals surface area contributed by atoms with E-state index in [9.17, 15) is 9.59 Å². The van der Waals surface area contributed by atoms with Crippen LogP contribution in [0.1, 0.15) is 48.8 Å². The van der Waals surface area contributed by atoms with Gasteiger partial charge in [-0.2, -0.15) is 0 Å². The van der Waals surface area contributed by atoms with E-state index in [1.807, 2.05) is 26.0 Å². The molecule has 0 spiro atoms. The fraction of sp³-hybridized carbons (Fsp3) is 0.455. The molecular weight excluding hydrogens is 342 g/mol. The van der Waals surface area contributed by atoms with Gasteiger partial charge in [0.1, 0.15) is 5.58 Å². The Balaban J connectivity index is 1.43. The molecule has 144 valence electrons. The average molecular weight is 369 g/mol. The minimum absolute atomic E-state index is 0.0929. The van der Waals surface area contributed by atoms with Gasteiger partial charge < -0.3 is 14.5 Å². The molecule has 0 atom stereocenters. The highest BCUT2D eigenvalue weighted by Crippen LogP contribution is 2.25. The molecule has 1 aliphatic carbocycles. The molecule has 1 amide bonds. The van der Waals surface area contributed by atoms with Crippen molar-refractivity contribution in [3.8, 4) is 0 Å². The monoisotopic (exact) mass is 369 g/mol. The topological polar surface area (TPSA) is 68.5 Å². The fourth-order valence-corrected chi connectivity index (χ4v) is 3.37. The van der Waals surface area contributed by atoms with Crippen LogP contribution in [0.3, 0.4) is 0 Å². The lowest BCUT2D eigenvalue weighted by atomic mass is 9.97. The Bertz CT molecular complexity index is 863. The molecule has 0 bridgehead atoms. The summed E-state index contributed by atoms with van der Waals surface area (Å²) in [6.45, 7) is 4.39. The summed E-state index contributed by atoms with van der Waals surface area (Å²) >= 11 is 0. The van der Waals surface area contributed by atoms with Crippen molar-refractivity contribution in [3.63, 3.8) is 0 Å². The number of allylic oxidation sites excluding steroid dienone is 1. The lowest BCUT2D eigenvalue weighted by Gasteiger charge is -2.13. The average Bonchev–Trinajstić information content (AvgIpc) is 3.03. The molecule has 1 aromatic carbocycles. The quantitative estimate of drug-likeness (QED) is 0.588. The molecule has 1 aliphatic rings. The molecule has 1 aromatic heterocycles. The molecule has 0 saturated heterocycles. The van der Waals surface area contributed by atoms with E-state index in [1.165, 1.54) is 18.4 Å². The highest BCUT2D eigenvalue weighted by Gasteiger charge is 2.14. The smallest absolute Gasteiger partial charge is 0.310 e. The van der Waals surface area contributed by atoms with Crippen molar-refractivity contribution < 1.29 is 18.7 Å². The second kappa shape index (κ2) is 8.89. The Morgan fingerprint density at radius 2 is 2.00 bits per heavy atom. The number of esters is 1. The first-order chi connectivity index (χ1) is 13.0. The van der Waals surface area contributed by atoms with Crippen molar-refractivity contribution >= 4 is 22.8 Å². The van der Waals surface area contributed by atoms with Crippen molar-refractivity contribution in [3.05, 3.63) is 46.7 Å². The van der Waals surface area contributed by atoms with Crippen molar-refractivity contribution in [1.82, 2.24) is 5.32 Å². The molecule has 27 heavy (non-hydrogen) atoms. The summed E-state index contributed by atoms with van der Waals surface area (Å²) in [5, 5.41) is 3.73. The van der Waals surface area contributed by atoms with Gasteiger partial charge in [-0.3, -0.25) is 9.59 Å². The molecule has 0 fully saturated rings. The fourth-order valence-electron chi connectivity index (χ4n) is 3.37. The number of carbonyl (C=O) groups is 2. The summed E-state index contributed by atoms with van der Waals surface area (Å²) in [5.74, 6) is -0.690. The van der Waals surface area contributed by atoms with Crippen molar-refractivity contribution in [1.29, 1.82) is 0 Å². The molecule has 0 unspecified atom stereocenters. The summed E-state index contributed by atoms with van der Waals surface area (Å²) in [5.41, 5.74) is 5.24. The van der Waals surface area contributed by atoms with Gasteiger partial charge in [0.25, 0.3) is 5.91 Å². The maximum Gasteiger partial charge on any atom is 0.310 e. The lowest BCUT2D eigenvalue weighted by molar-refractivity contribution is -0.147. The number of benzene rings is 1. The highest BCUT2D eigenvalue weighted by molar-refractivity contribution is 5.87. The lowest BCUT2D eigenvalue weighted by Crippen LogP contribution is -2.30. The Hall–Kier alpha value is -2.56. The summed E-state index contributed by atoms with van der Waals surface area (Å²) in [4.78, 5) is 23.9. The van der Waals surface area contributed by atoms with Crippen molar-refractivity contribution in [2.24, 2.45) is 0 Å². The van der Waals surface area contributed by atoms with Crippen LogP contribution in [0.25, 0.3) is 11.0 Å². The van der Waals surface area contributed by atoms with Gasteiger partial charge in [-0.15, -0.1) is 0 Å². The first kappa shape index (κ1) is 19.2. The predicted octanol–water partition coefficient (Wildman–Crippen LogP) is 4.14. The number of nitrogens with one attached hydrogen (secondary N) is 1. The van der Waals surface area contributed by atoms with E-state index in [0.29, 0.717) is 6.54 Å². The van der Waals surface area contributed by atoms with Crippen LogP contribution >= 0.6 is 0 Å². The third-order valence-electron chi connectivity index (χ3n) is 5.12. The first-order valence-electron chi connectivity index (χ1n) is 9.60. The van der Waals surface area contributed by atoms with E-state index in [2.05, 4.69) is 11.4 Å². The van der Waals surface area contributed by atoms with E-state index >= 15 is 0 Å². The Kier molecular flexibility index (Phi) is 6.32. The van der Waals surface area contributed by atoms with Crippen LogP contribution < -0.4 is 5.32 Å². The SMILES string of the molecule is Cc1cc2occ(CC(=O)OCC(=O)NCCC3=CCCCC3)c2cc1C. The zero-order valence-electron chi connectivity index (χ0n) is 16.1. The molecule has 1 N–H and O–H groups in total. The zero-order valence-corrected chi connectivity index (χ0v) is 16.1. The van der Waals surface area contributed by atoms with Gasteiger partial charge in [0.05, 0.1) is 12.7 Å². The number of furan rings is 1. The van der Waals surface area contributed by atoms with Gasteiger partial charge in [0, 0.05) is 17.5 Å². The molecule has 0 aliphatic heterocycles. The maximum atomic E-state index is 12.1. The van der Waals surface area contributed by atoms with Crippen molar-refractivity contribution in [2.45, 2.75) is 52.4 Å². The minimum atomic E-state index is -0.430. The molecule has 3 rings (SSSR count). The number of hydrogen-bond acceptors (Lipinski definition) is 4. The van der Waals surface area contributed by atoms with Gasteiger partial charge in [0.2, 0.25) is 0 Å². The predicted molar refractivity (Wildman–Crippen MR) is 105 cm³/mol. The Morgan fingerprint density at radius 1 is 1.19 bits per heavy atom. The van der Waals surface area contributed by atoms with Crippen LogP contribution in [0, 0.1) is 13.8 Å². The van der Waals surface area contributed by atoms with E-state index in [1.54, 1.807) is 6.26 Å². The number of aryl methyl sites for hydroxylation is 2. The second-order valence-corrected chi connectivity index (χ2v) is 7.24. The molecule has 1 heterocycles. The number of fused-ring (bicyclic) bond motifs is 1. The van der Waals surface area contributed by atoms with Crippen LogP contribution in [0.4, 0.5) is 0 Å². The van der Waals surface area contributed by atoms with Gasteiger partial charge >= 0.3 is 5.97 Å². The van der Waals surface area contributed by atoms with Crippen LogP contribution in [0.15, 0.2) is 34.5 Å². The van der Waals surface area contributed by atoms with Crippen molar-refractivity contribution in [2.75, 3.05) is 13.2 Å². The van der Waals surface area contributed by atoms with Crippen LogP contribution in [0.2, 0.25) is 0 Å². The maximum absolute atomic E-state index is 12.1. The van der Waals surface area contributed by atoms with E-state index in [-0.39, 0.29) is 18.9 Å². The molecule has 0 radical (unpaired) electrons. The summed E-state index contributed by atoms with van der Waals surface area (Å²) < 4.78 is 10.6. The Morgan fingerprint density at radius 3 is 2.78 bits per heavy atom. The number of ether oxygens (including phenoxy) is 1. The molecule has 2 aromatic rings. The number of hydrogen-bond donors (Lipinski definition) is 1. The van der Waals surface area contributed by atoms with Gasteiger partial charge in [-0.1, -0.05) is 11.6 Å². The number of carbonyl (C=O) groups excluding carboxylic acids is 2. The van der Waals surface area contributed by atoms with Gasteiger partial charge in [-0.25, -0.2) is 0 Å². The molecule has 0 saturated carbocycles. The standard InChI is InChI=1S/C22H27NO4/c1-15-10-19-18(13-26-20(19)11-16(15)2)12-22(25)27-14-21(24)23-9-8-17-6-4-3-5-7-17/h6,10-11,13H,3-5,7-9,12,14H2,1-2H3,(H,23,24). The van der Waals surface area contributed by atoms with Crippen LogP contribution in [-0.2, 0) is 20.7 Å². The molecule has 5 nitrogen and oxygen atoms in total. The highest BCUT2D eigenvalue weighted by atomic mass is 16.5. The minimum Gasteiger partial charge on any atom is -0.464 e. The summed E-state index contributed by atoms with van der Waals surface area (Å²) in [6.07, 6.45) is 9.59. The van der Waals surface area contributed by atoms with Crippen LogP contribution in [0.5, 0.6) is 0 Å². The summed E-state index contributed by atoms with van der Waals surface area (Å²) in [7, 11) is 0. The largest absolute Gasteiger partial charge is 0.464 e. The second-order valence-electron chi connectivity index (χ2n) is 7.24. The Labute approximate surface area is 159 Å². The van der Waals surface area contributed by atoms with Gasteiger partial charge in [-0.05, 0) is 69.2 Å². The van der Waals surface area contributed by atoms with E-state index in [4.69, 9.17) is 9.15 Å². The third kappa shape index (κ3) is 5.22. The first-order valence-corrected chi connectivity index (χ1v) is 9.60.